The van der Waals surface area contributed by atoms with Crippen LogP contribution in [-0.2, 0) is 23.6 Å². The second-order valence-electron chi connectivity index (χ2n) is 6.78. The van der Waals surface area contributed by atoms with Gasteiger partial charge >= 0.3 is 11.9 Å². The number of rotatable bonds is 5. The number of ether oxygens (including phenoxy) is 2. The molecule has 1 atom stereocenters. The van der Waals surface area contributed by atoms with Crippen molar-refractivity contribution in [1.29, 1.82) is 0 Å². The van der Waals surface area contributed by atoms with Crippen LogP contribution in [-0.4, -0.2) is 24.1 Å². The predicted molar refractivity (Wildman–Crippen MR) is 83.2 cm³/mol. The van der Waals surface area contributed by atoms with Gasteiger partial charge in [0.05, 0.1) is 10.8 Å². The van der Waals surface area contributed by atoms with E-state index < -0.39 is 36.6 Å². The third-order valence-corrected chi connectivity index (χ3v) is 3.80. The molecule has 5 nitrogen and oxygen atoms in total. The molecule has 0 aliphatic carbocycles. The number of esters is 2. The fourth-order valence-corrected chi connectivity index (χ4v) is 2.07. The van der Waals surface area contributed by atoms with Crippen LogP contribution in [0.25, 0.3) is 0 Å². The van der Waals surface area contributed by atoms with Crippen LogP contribution in [0.4, 0.5) is 0 Å². The van der Waals surface area contributed by atoms with Gasteiger partial charge in [0.25, 0.3) is 6.03 Å². The Morgan fingerprint density at radius 3 is 1.71 bits per heavy atom. The van der Waals surface area contributed by atoms with Crippen LogP contribution >= 0.6 is 7.80 Å². The largest absolute Gasteiger partial charge is 0.418 e. The molecule has 0 aliphatic heterocycles. The minimum Gasteiger partial charge on any atom is -0.418 e. The predicted octanol–water partition coefficient (Wildman–Crippen LogP) is 3.40. The Balaban J connectivity index is 5.06. The molecule has 0 aromatic carbocycles. The highest BCUT2D eigenvalue weighted by Gasteiger charge is 2.33. The van der Waals surface area contributed by atoms with Crippen molar-refractivity contribution in [3.63, 3.8) is 0 Å². The van der Waals surface area contributed by atoms with Crippen LogP contribution in [0.2, 0.25) is 0 Å². The van der Waals surface area contributed by atoms with Gasteiger partial charge in [-0.25, -0.2) is 0 Å². The molecule has 0 aromatic heterocycles. The standard InChI is InChI=1S/C15H26O5P/c1-8-9-10-21(18)13(19-11(16)14(2,3)4)20-12(17)15(5,6)7/h8-9,13,21H,1,10H2,2-7H3/b9-8+. The summed E-state index contributed by atoms with van der Waals surface area (Å²) < 4.78 is 22.5. The van der Waals surface area contributed by atoms with Crippen molar-refractivity contribution in [3.05, 3.63) is 19.1 Å². The average Bonchev–Trinajstić information content (AvgIpc) is 2.32. The minimum absolute atomic E-state index is 0.160. The lowest BCUT2D eigenvalue weighted by atomic mass is 9.97. The van der Waals surface area contributed by atoms with Crippen molar-refractivity contribution < 1.29 is 23.6 Å². The molecule has 0 heterocycles. The minimum atomic E-state index is -2.46. The lowest BCUT2D eigenvalue weighted by Crippen LogP contribution is -2.33. The molecule has 0 saturated carbocycles. The topological polar surface area (TPSA) is 69.7 Å². The average molecular weight is 317 g/mol. The molecule has 0 fully saturated rings. The summed E-state index contributed by atoms with van der Waals surface area (Å²) >= 11 is 0. The van der Waals surface area contributed by atoms with Gasteiger partial charge in [0.1, 0.15) is 0 Å². The Kier molecular flexibility index (Phi) is 7.38. The molecular weight excluding hydrogens is 291 g/mol. The Morgan fingerprint density at radius 1 is 1.05 bits per heavy atom. The van der Waals surface area contributed by atoms with E-state index in [9.17, 15) is 14.2 Å². The van der Waals surface area contributed by atoms with E-state index >= 15 is 0 Å². The van der Waals surface area contributed by atoms with Gasteiger partial charge in [-0.3, -0.25) is 9.59 Å². The molecule has 0 aliphatic rings. The Morgan fingerprint density at radius 2 is 1.43 bits per heavy atom. The fraction of sp³-hybridized carbons (Fsp3) is 0.667. The van der Waals surface area contributed by atoms with Crippen molar-refractivity contribution in [3.8, 4) is 0 Å². The zero-order valence-electron chi connectivity index (χ0n) is 13.7. The first-order chi connectivity index (χ1) is 9.39. The second-order valence-corrected chi connectivity index (χ2v) is 8.60. The van der Waals surface area contributed by atoms with Crippen molar-refractivity contribution in [2.24, 2.45) is 10.8 Å². The van der Waals surface area contributed by atoms with Gasteiger partial charge in [-0.2, -0.15) is 0 Å². The first-order valence-electron chi connectivity index (χ1n) is 6.78. The lowest BCUT2D eigenvalue weighted by molar-refractivity contribution is -0.184. The van der Waals surface area contributed by atoms with E-state index in [4.69, 9.17) is 9.47 Å². The number of hydrogen-bond acceptors (Lipinski definition) is 5. The van der Waals surface area contributed by atoms with Crippen molar-refractivity contribution >= 4 is 19.7 Å². The van der Waals surface area contributed by atoms with Gasteiger partial charge in [-0.1, -0.05) is 12.2 Å². The fourth-order valence-electron chi connectivity index (χ4n) is 0.999. The van der Waals surface area contributed by atoms with E-state index in [0.29, 0.717) is 0 Å². The summed E-state index contributed by atoms with van der Waals surface area (Å²) in [6, 6.07) is -1.34. The smallest absolute Gasteiger partial charge is 0.314 e. The summed E-state index contributed by atoms with van der Waals surface area (Å²) in [7, 11) is -2.46. The van der Waals surface area contributed by atoms with Crippen molar-refractivity contribution in [1.82, 2.24) is 0 Å². The van der Waals surface area contributed by atoms with E-state index in [-0.39, 0.29) is 6.16 Å². The molecule has 0 N–H and O–H groups in total. The van der Waals surface area contributed by atoms with Gasteiger partial charge in [0.15, 0.2) is 7.80 Å². The number of carbonyl (C=O) groups excluding carboxylic acids is 2. The monoisotopic (exact) mass is 317 g/mol. The maximum Gasteiger partial charge on any atom is 0.314 e. The summed E-state index contributed by atoms with van der Waals surface area (Å²) in [5.74, 6) is -1.13. The third-order valence-electron chi connectivity index (χ3n) is 2.40. The van der Waals surface area contributed by atoms with E-state index in [0.717, 1.165) is 0 Å². The van der Waals surface area contributed by atoms with Crippen LogP contribution in [0, 0.1) is 17.8 Å². The van der Waals surface area contributed by atoms with Crippen LogP contribution in [0.15, 0.2) is 12.2 Å². The van der Waals surface area contributed by atoms with Gasteiger partial charge in [0.2, 0.25) is 0 Å². The highest BCUT2D eigenvalue weighted by molar-refractivity contribution is 7.45. The molecule has 0 saturated heterocycles. The molecular formula is C15H26O5P. The molecule has 0 amide bonds. The highest BCUT2D eigenvalue weighted by atomic mass is 31.1. The number of allylic oxidation sites excluding steroid dienone is 2. The molecule has 0 aromatic rings. The summed E-state index contributed by atoms with van der Waals surface area (Å²) in [4.78, 5) is 23.8. The van der Waals surface area contributed by atoms with Crippen LogP contribution in [0.1, 0.15) is 41.5 Å². The molecule has 0 rings (SSSR count). The lowest BCUT2D eigenvalue weighted by Gasteiger charge is -2.25. The zero-order chi connectivity index (χ0) is 16.8. The van der Waals surface area contributed by atoms with Gasteiger partial charge in [-0.05, 0) is 48.5 Å². The molecule has 0 spiro atoms. The summed E-state index contributed by atoms with van der Waals surface area (Å²) in [5, 5.41) is 0. The first kappa shape index (κ1) is 19.9. The van der Waals surface area contributed by atoms with E-state index in [1.165, 1.54) is 6.08 Å². The van der Waals surface area contributed by atoms with Gasteiger partial charge in [0, 0.05) is 6.16 Å². The zero-order valence-corrected chi connectivity index (χ0v) is 14.7. The normalized spacial score (nSPS) is 14.3. The maximum absolute atomic E-state index is 12.2. The highest BCUT2D eigenvalue weighted by Crippen LogP contribution is 2.34. The van der Waals surface area contributed by atoms with Crippen molar-refractivity contribution in [2.45, 2.75) is 47.6 Å². The van der Waals surface area contributed by atoms with E-state index in [1.807, 2.05) is 0 Å². The molecule has 121 valence electrons. The molecule has 0 bridgehead atoms. The third kappa shape index (κ3) is 7.47. The summed E-state index contributed by atoms with van der Waals surface area (Å²) in [6.45, 7) is 13.5. The first-order valence-corrected chi connectivity index (χ1v) is 8.48. The molecule has 1 radical (unpaired) electrons. The maximum atomic E-state index is 12.2. The second kappa shape index (κ2) is 7.79. The Labute approximate surface area is 127 Å². The molecule has 6 heteroatoms. The van der Waals surface area contributed by atoms with E-state index in [1.54, 1.807) is 47.6 Å². The summed E-state index contributed by atoms with van der Waals surface area (Å²) in [6.07, 6.45) is 3.24. The number of hydrogen-bond donors (Lipinski definition) is 0. The van der Waals surface area contributed by atoms with Gasteiger partial charge in [-0.15, -0.1) is 0 Å². The summed E-state index contributed by atoms with van der Waals surface area (Å²) in [5.41, 5.74) is -1.53. The van der Waals surface area contributed by atoms with Crippen LogP contribution < -0.4 is 0 Å². The quantitative estimate of drug-likeness (QED) is 0.441. The Hall–Kier alpha value is -1.09. The molecule has 1 unspecified atom stereocenters. The molecule has 21 heavy (non-hydrogen) atoms. The SMILES string of the molecule is [CH2]/C=C/C[PH](=O)C(OC(=O)C(C)(C)C)OC(=O)C(C)(C)C. The van der Waals surface area contributed by atoms with Crippen LogP contribution in [0.3, 0.4) is 0 Å². The van der Waals surface area contributed by atoms with Gasteiger partial charge < -0.3 is 14.0 Å². The van der Waals surface area contributed by atoms with Crippen molar-refractivity contribution in [2.75, 3.05) is 6.16 Å². The Bertz CT molecular complexity index is 398. The van der Waals surface area contributed by atoms with E-state index in [2.05, 4.69) is 6.92 Å². The van der Waals surface area contributed by atoms with Crippen LogP contribution in [0.5, 0.6) is 0 Å². The number of carbonyl (C=O) groups is 2.